The number of carboxylic acid groups (broad SMARTS) is 1. The molecule has 0 saturated carbocycles. The third kappa shape index (κ3) is 2.78. The van der Waals surface area contributed by atoms with E-state index in [0.29, 0.717) is 0 Å². The Hall–Kier alpha value is -0.810. The van der Waals surface area contributed by atoms with E-state index in [2.05, 4.69) is 0 Å². The van der Waals surface area contributed by atoms with Crippen LogP contribution in [0.2, 0.25) is 0 Å². The third-order valence-electron chi connectivity index (χ3n) is 2.89. The van der Waals surface area contributed by atoms with Gasteiger partial charge in [-0.25, -0.2) is 4.79 Å². The molecule has 0 aromatic carbocycles. The molecule has 1 fully saturated rings. The Kier molecular flexibility index (Phi) is 4.61. The van der Waals surface area contributed by atoms with Crippen molar-refractivity contribution in [2.45, 2.75) is 42.7 Å². The van der Waals surface area contributed by atoms with E-state index in [0.717, 1.165) is 0 Å². The van der Waals surface area contributed by atoms with Crippen LogP contribution < -0.4 is 5.73 Å². The molecule has 18 heavy (non-hydrogen) atoms. The van der Waals surface area contributed by atoms with E-state index in [-0.39, 0.29) is 0 Å². The van der Waals surface area contributed by atoms with Crippen molar-refractivity contribution in [1.29, 1.82) is 0 Å². The van der Waals surface area contributed by atoms with Gasteiger partial charge in [0.25, 0.3) is 5.79 Å². The number of hydrogen-bond acceptors (Lipinski definition) is 8. The van der Waals surface area contributed by atoms with Gasteiger partial charge in [0, 0.05) is 6.42 Å². The van der Waals surface area contributed by atoms with Gasteiger partial charge < -0.3 is 41.1 Å². The molecular formula is C9H17NO8. The Morgan fingerprint density at radius 1 is 1.50 bits per heavy atom. The number of ether oxygens (including phenoxy) is 1. The van der Waals surface area contributed by atoms with Gasteiger partial charge in [0.05, 0.1) is 18.8 Å². The first kappa shape index (κ1) is 15.2. The summed E-state index contributed by atoms with van der Waals surface area (Å²) in [5.74, 6) is -4.44. The van der Waals surface area contributed by atoms with Gasteiger partial charge in [0.15, 0.2) is 0 Å². The fourth-order valence-corrected chi connectivity index (χ4v) is 1.75. The highest BCUT2D eigenvalue weighted by Crippen LogP contribution is 2.29. The number of aliphatic carboxylic acids is 1. The van der Waals surface area contributed by atoms with Gasteiger partial charge in [-0.1, -0.05) is 0 Å². The molecule has 1 aliphatic heterocycles. The molecule has 1 rings (SSSR count). The minimum atomic E-state index is -2.70. The molecule has 0 aromatic rings. The number of rotatable bonds is 4. The maximum atomic E-state index is 10.8. The number of aliphatic hydroxyl groups is 5. The van der Waals surface area contributed by atoms with E-state index >= 15 is 0 Å². The molecule has 0 radical (unpaired) electrons. The van der Waals surface area contributed by atoms with E-state index in [4.69, 9.17) is 20.7 Å². The summed E-state index contributed by atoms with van der Waals surface area (Å²) in [4.78, 5) is 10.8. The van der Waals surface area contributed by atoms with Gasteiger partial charge in [-0.3, -0.25) is 0 Å². The van der Waals surface area contributed by atoms with Gasteiger partial charge in [0.2, 0.25) is 0 Å². The van der Waals surface area contributed by atoms with Crippen molar-refractivity contribution < 1.29 is 40.2 Å². The lowest BCUT2D eigenvalue weighted by molar-refractivity contribution is -0.292. The van der Waals surface area contributed by atoms with Crippen LogP contribution in [0.3, 0.4) is 0 Å². The number of carbonyl (C=O) groups is 1. The zero-order chi connectivity index (χ0) is 14.1. The highest BCUT2D eigenvalue weighted by atomic mass is 16.7. The van der Waals surface area contributed by atoms with Crippen LogP contribution in [-0.4, -0.2) is 79.5 Å². The molecule has 9 nitrogen and oxygen atoms in total. The Labute approximate surface area is 102 Å². The van der Waals surface area contributed by atoms with Crippen molar-refractivity contribution in [3.63, 3.8) is 0 Å². The van der Waals surface area contributed by atoms with Crippen LogP contribution in [-0.2, 0) is 9.53 Å². The summed E-state index contributed by atoms with van der Waals surface area (Å²) in [7, 11) is 0. The zero-order valence-corrected chi connectivity index (χ0v) is 9.38. The molecule has 8 N–H and O–H groups in total. The predicted molar refractivity (Wildman–Crippen MR) is 55.2 cm³/mol. The van der Waals surface area contributed by atoms with Crippen LogP contribution in [0.15, 0.2) is 0 Å². The van der Waals surface area contributed by atoms with Crippen molar-refractivity contribution in [2.24, 2.45) is 5.73 Å². The molecular weight excluding hydrogens is 250 g/mol. The monoisotopic (exact) mass is 267 g/mol. The third-order valence-corrected chi connectivity index (χ3v) is 2.89. The molecule has 1 saturated heterocycles. The average Bonchev–Trinajstić information content (AvgIpc) is 2.31. The number of hydrogen-bond donors (Lipinski definition) is 7. The van der Waals surface area contributed by atoms with Crippen LogP contribution in [0, 0.1) is 0 Å². The maximum Gasteiger partial charge on any atom is 0.364 e. The van der Waals surface area contributed by atoms with Crippen molar-refractivity contribution in [3.05, 3.63) is 0 Å². The number of nitrogens with two attached hydrogens (primary N) is 1. The Morgan fingerprint density at radius 2 is 2.06 bits per heavy atom. The van der Waals surface area contributed by atoms with Crippen LogP contribution in [0.5, 0.6) is 0 Å². The smallest absolute Gasteiger partial charge is 0.364 e. The minimum absolute atomic E-state index is 0.665. The van der Waals surface area contributed by atoms with Crippen LogP contribution in [0.4, 0.5) is 0 Å². The molecule has 0 aromatic heterocycles. The minimum Gasteiger partial charge on any atom is -0.477 e. The Morgan fingerprint density at radius 3 is 2.50 bits per heavy atom. The summed E-state index contributed by atoms with van der Waals surface area (Å²) in [5, 5.41) is 55.5. The molecule has 0 spiro atoms. The molecule has 1 heterocycles. The summed E-state index contributed by atoms with van der Waals surface area (Å²) in [6.07, 6.45) is -7.01. The summed E-state index contributed by atoms with van der Waals surface area (Å²) in [6.45, 7) is -0.810. The molecule has 4 unspecified atom stereocenters. The van der Waals surface area contributed by atoms with Crippen molar-refractivity contribution in [2.75, 3.05) is 6.61 Å². The summed E-state index contributed by atoms with van der Waals surface area (Å²) in [5.41, 5.74) is 5.51. The standard InChI is InChI=1S/C9H17NO8/c10-5-3(12)1-9(17,8(15)16)18-7(5)6(14)4(13)2-11/h3-7,11-14,17H,1-2,10H2,(H,15,16)/t3?,4-,5?,6-,7?,9?/m1/s1. The molecule has 9 heteroatoms. The van der Waals surface area contributed by atoms with E-state index in [9.17, 15) is 25.2 Å². The molecule has 106 valence electrons. The topological polar surface area (TPSA) is 174 Å². The quantitative estimate of drug-likeness (QED) is 0.267. The molecule has 1 aliphatic rings. The van der Waals surface area contributed by atoms with E-state index in [1.54, 1.807) is 0 Å². The molecule has 0 bridgehead atoms. The van der Waals surface area contributed by atoms with Gasteiger partial charge in [-0.15, -0.1) is 0 Å². The first-order chi connectivity index (χ1) is 8.23. The second-order valence-electron chi connectivity index (χ2n) is 4.26. The predicted octanol–water partition coefficient (Wildman–Crippen LogP) is -4.05. The maximum absolute atomic E-state index is 10.8. The van der Waals surface area contributed by atoms with Crippen molar-refractivity contribution in [1.82, 2.24) is 0 Å². The second kappa shape index (κ2) is 5.45. The zero-order valence-electron chi connectivity index (χ0n) is 9.38. The Balaban J connectivity index is 2.92. The van der Waals surface area contributed by atoms with Crippen LogP contribution in [0.25, 0.3) is 0 Å². The molecule has 0 aliphatic carbocycles. The lowest BCUT2D eigenvalue weighted by atomic mass is 9.89. The molecule has 0 amide bonds. The Bertz CT molecular complexity index is 313. The average molecular weight is 267 g/mol. The SMILES string of the molecule is NC1C(O)CC(O)(C(=O)O)OC1[C@H](O)[C@H](O)CO. The number of aliphatic hydroxyl groups excluding tert-OH is 4. The van der Waals surface area contributed by atoms with Crippen LogP contribution in [0.1, 0.15) is 6.42 Å². The van der Waals surface area contributed by atoms with Gasteiger partial charge >= 0.3 is 5.97 Å². The lowest BCUT2D eigenvalue weighted by Crippen LogP contribution is -2.65. The first-order valence-electron chi connectivity index (χ1n) is 5.27. The summed E-state index contributed by atoms with van der Waals surface area (Å²) >= 11 is 0. The van der Waals surface area contributed by atoms with Gasteiger partial charge in [-0.05, 0) is 0 Å². The molecule has 6 atom stereocenters. The normalized spacial score (nSPS) is 40.2. The summed E-state index contributed by atoms with van der Waals surface area (Å²) in [6, 6.07) is -1.21. The fraction of sp³-hybridized carbons (Fsp3) is 0.889. The van der Waals surface area contributed by atoms with Crippen molar-refractivity contribution >= 4 is 5.97 Å². The largest absolute Gasteiger partial charge is 0.477 e. The summed E-state index contributed by atoms with van der Waals surface area (Å²) < 4.78 is 4.75. The second-order valence-corrected chi connectivity index (χ2v) is 4.26. The van der Waals surface area contributed by atoms with E-state index in [1.165, 1.54) is 0 Å². The number of carboxylic acids is 1. The van der Waals surface area contributed by atoms with Crippen molar-refractivity contribution in [3.8, 4) is 0 Å². The van der Waals surface area contributed by atoms with Crippen LogP contribution >= 0.6 is 0 Å². The fourth-order valence-electron chi connectivity index (χ4n) is 1.75. The highest BCUT2D eigenvalue weighted by molar-refractivity contribution is 5.75. The van der Waals surface area contributed by atoms with E-state index < -0.39 is 55.2 Å². The highest BCUT2D eigenvalue weighted by Gasteiger charge is 2.52. The first-order valence-corrected chi connectivity index (χ1v) is 5.27. The van der Waals surface area contributed by atoms with Gasteiger partial charge in [0.1, 0.15) is 18.3 Å². The lowest BCUT2D eigenvalue weighted by Gasteiger charge is -2.43. The van der Waals surface area contributed by atoms with Gasteiger partial charge in [-0.2, -0.15) is 0 Å². The van der Waals surface area contributed by atoms with E-state index in [1.807, 2.05) is 0 Å².